The van der Waals surface area contributed by atoms with Crippen molar-refractivity contribution in [1.82, 2.24) is 9.97 Å². The SMILES string of the molecule is Clc1cc2[nH]cc(I)c2c(Cl)n1. The van der Waals surface area contributed by atoms with Crippen LogP contribution in [0.15, 0.2) is 12.3 Å². The fourth-order valence-corrected chi connectivity index (χ4v) is 2.43. The van der Waals surface area contributed by atoms with Crippen LogP contribution in [0.25, 0.3) is 10.9 Å². The van der Waals surface area contributed by atoms with E-state index < -0.39 is 0 Å². The highest BCUT2D eigenvalue weighted by Gasteiger charge is 2.07. The number of hydrogen-bond donors (Lipinski definition) is 1. The summed E-state index contributed by atoms with van der Waals surface area (Å²) in [4.78, 5) is 6.99. The topological polar surface area (TPSA) is 28.7 Å². The van der Waals surface area contributed by atoms with Gasteiger partial charge in [0.15, 0.2) is 0 Å². The molecule has 2 aromatic heterocycles. The number of rotatable bonds is 0. The molecule has 5 heteroatoms. The zero-order chi connectivity index (χ0) is 8.72. The molecule has 2 heterocycles. The van der Waals surface area contributed by atoms with Gasteiger partial charge in [0, 0.05) is 9.77 Å². The van der Waals surface area contributed by atoms with Gasteiger partial charge in [-0.25, -0.2) is 4.98 Å². The first-order chi connectivity index (χ1) is 5.68. The molecule has 0 radical (unpaired) electrons. The second-order valence-electron chi connectivity index (χ2n) is 2.29. The third kappa shape index (κ3) is 1.30. The van der Waals surface area contributed by atoms with Crippen LogP contribution in [-0.4, -0.2) is 9.97 Å². The van der Waals surface area contributed by atoms with Crippen LogP contribution in [0.3, 0.4) is 0 Å². The largest absolute Gasteiger partial charge is 0.360 e. The molecule has 2 nitrogen and oxygen atoms in total. The van der Waals surface area contributed by atoms with Crippen LogP contribution in [0, 0.1) is 3.57 Å². The minimum atomic E-state index is 0.408. The number of nitrogens with zero attached hydrogens (tertiary/aromatic N) is 1. The lowest BCUT2D eigenvalue weighted by molar-refractivity contribution is 1.35. The van der Waals surface area contributed by atoms with Crippen molar-refractivity contribution < 1.29 is 0 Å². The Morgan fingerprint density at radius 3 is 2.92 bits per heavy atom. The molecule has 0 bridgehead atoms. The predicted octanol–water partition coefficient (Wildman–Crippen LogP) is 3.47. The number of aromatic amines is 1. The summed E-state index contributed by atoms with van der Waals surface area (Å²) in [5, 5.41) is 1.79. The van der Waals surface area contributed by atoms with E-state index in [1.54, 1.807) is 6.07 Å². The van der Waals surface area contributed by atoms with E-state index in [0.717, 1.165) is 14.5 Å². The number of halogens is 3. The zero-order valence-electron chi connectivity index (χ0n) is 5.74. The van der Waals surface area contributed by atoms with E-state index in [9.17, 15) is 0 Å². The van der Waals surface area contributed by atoms with Gasteiger partial charge in [-0.2, -0.15) is 0 Å². The molecule has 0 unspecified atom stereocenters. The molecule has 0 aliphatic rings. The van der Waals surface area contributed by atoms with Gasteiger partial charge in [0.2, 0.25) is 0 Å². The van der Waals surface area contributed by atoms with Crippen molar-refractivity contribution in [3.8, 4) is 0 Å². The minimum absolute atomic E-state index is 0.408. The number of H-pyrrole nitrogens is 1. The Balaban J connectivity index is 2.93. The van der Waals surface area contributed by atoms with Crippen LogP contribution in [0.2, 0.25) is 10.3 Å². The third-order valence-corrected chi connectivity index (χ3v) is 2.86. The summed E-state index contributed by atoms with van der Waals surface area (Å²) in [5.74, 6) is 0. The maximum absolute atomic E-state index is 5.89. The monoisotopic (exact) mass is 312 g/mol. The second kappa shape index (κ2) is 3.05. The first-order valence-corrected chi connectivity index (χ1v) is 5.00. The van der Waals surface area contributed by atoms with Crippen molar-refractivity contribution in [2.75, 3.05) is 0 Å². The van der Waals surface area contributed by atoms with Gasteiger partial charge in [-0.05, 0) is 28.7 Å². The summed E-state index contributed by atoms with van der Waals surface area (Å²) >= 11 is 13.8. The summed E-state index contributed by atoms with van der Waals surface area (Å²) < 4.78 is 1.05. The van der Waals surface area contributed by atoms with Gasteiger partial charge in [0.05, 0.1) is 10.9 Å². The first kappa shape index (κ1) is 8.59. The second-order valence-corrected chi connectivity index (χ2v) is 4.20. The van der Waals surface area contributed by atoms with Gasteiger partial charge in [-0.15, -0.1) is 0 Å². The number of aromatic nitrogens is 2. The number of nitrogens with one attached hydrogen (secondary N) is 1. The molecule has 0 spiro atoms. The molecule has 0 aromatic carbocycles. The van der Waals surface area contributed by atoms with Crippen LogP contribution in [0.5, 0.6) is 0 Å². The molecule has 2 aromatic rings. The lowest BCUT2D eigenvalue weighted by atomic mass is 10.3. The number of fused-ring (bicyclic) bond motifs is 1. The van der Waals surface area contributed by atoms with E-state index >= 15 is 0 Å². The lowest BCUT2D eigenvalue weighted by Crippen LogP contribution is -1.78. The summed E-state index contributed by atoms with van der Waals surface area (Å²) in [6, 6.07) is 1.75. The molecule has 0 atom stereocenters. The molecule has 1 N–H and O–H groups in total. The molecule has 62 valence electrons. The highest BCUT2D eigenvalue weighted by atomic mass is 127. The van der Waals surface area contributed by atoms with Gasteiger partial charge in [-0.1, -0.05) is 23.2 Å². The normalized spacial score (nSPS) is 10.9. The standard InChI is InChI=1S/C7H3Cl2IN2/c8-5-1-4-6(7(9)12-5)3(10)2-11-4/h1-2,11H. The highest BCUT2D eigenvalue weighted by molar-refractivity contribution is 14.1. The van der Waals surface area contributed by atoms with Crippen LogP contribution < -0.4 is 0 Å². The van der Waals surface area contributed by atoms with Crippen molar-refractivity contribution in [2.24, 2.45) is 0 Å². The molecule has 2 rings (SSSR count). The summed E-state index contributed by atoms with van der Waals surface area (Å²) in [6.45, 7) is 0. The Hall–Kier alpha value is -0.000000000000000111. The van der Waals surface area contributed by atoms with Crippen molar-refractivity contribution >= 4 is 56.7 Å². The molecular formula is C7H3Cl2IN2. The fraction of sp³-hybridized carbons (Fsp3) is 0. The molecule has 0 aliphatic carbocycles. The predicted molar refractivity (Wildman–Crippen MR) is 58.8 cm³/mol. The highest BCUT2D eigenvalue weighted by Crippen LogP contribution is 2.28. The molecule has 0 aliphatic heterocycles. The van der Waals surface area contributed by atoms with Gasteiger partial charge in [-0.3, -0.25) is 0 Å². The molecule has 0 saturated heterocycles. The molecule has 12 heavy (non-hydrogen) atoms. The number of hydrogen-bond acceptors (Lipinski definition) is 1. The van der Waals surface area contributed by atoms with Crippen LogP contribution >= 0.6 is 45.8 Å². The number of pyridine rings is 1. The maximum atomic E-state index is 5.89. The van der Waals surface area contributed by atoms with Crippen molar-refractivity contribution in [1.29, 1.82) is 0 Å². The van der Waals surface area contributed by atoms with Gasteiger partial charge < -0.3 is 4.98 Å². The third-order valence-electron chi connectivity index (χ3n) is 1.54. The van der Waals surface area contributed by atoms with Gasteiger partial charge >= 0.3 is 0 Å². The van der Waals surface area contributed by atoms with Crippen molar-refractivity contribution in [3.05, 3.63) is 26.1 Å². The minimum Gasteiger partial charge on any atom is -0.360 e. The average molecular weight is 313 g/mol. The molecule has 0 saturated carbocycles. The Labute approximate surface area is 92.4 Å². The van der Waals surface area contributed by atoms with Crippen LogP contribution in [0.4, 0.5) is 0 Å². The van der Waals surface area contributed by atoms with E-state index in [4.69, 9.17) is 23.2 Å². The van der Waals surface area contributed by atoms with Crippen LogP contribution in [0.1, 0.15) is 0 Å². The van der Waals surface area contributed by atoms with Crippen molar-refractivity contribution in [2.45, 2.75) is 0 Å². The van der Waals surface area contributed by atoms with E-state index in [2.05, 4.69) is 32.6 Å². The molecule has 0 fully saturated rings. The van der Waals surface area contributed by atoms with E-state index in [1.807, 2.05) is 6.20 Å². The quantitative estimate of drug-likeness (QED) is 0.585. The van der Waals surface area contributed by atoms with Crippen molar-refractivity contribution in [3.63, 3.8) is 0 Å². The zero-order valence-corrected chi connectivity index (χ0v) is 9.41. The Kier molecular flexibility index (Phi) is 2.18. The van der Waals surface area contributed by atoms with E-state index in [1.165, 1.54) is 0 Å². The van der Waals surface area contributed by atoms with E-state index in [-0.39, 0.29) is 0 Å². The first-order valence-electron chi connectivity index (χ1n) is 3.17. The Morgan fingerprint density at radius 1 is 1.42 bits per heavy atom. The van der Waals surface area contributed by atoms with Gasteiger partial charge in [0.1, 0.15) is 10.3 Å². The summed E-state index contributed by atoms with van der Waals surface area (Å²) in [5.41, 5.74) is 0.921. The molecular weight excluding hydrogens is 310 g/mol. The Bertz CT molecular complexity index is 438. The fourth-order valence-electron chi connectivity index (χ4n) is 1.04. The van der Waals surface area contributed by atoms with Crippen LogP contribution in [-0.2, 0) is 0 Å². The summed E-state index contributed by atoms with van der Waals surface area (Å²) in [6.07, 6.45) is 1.87. The lowest BCUT2D eigenvalue weighted by Gasteiger charge is -1.94. The Morgan fingerprint density at radius 2 is 2.17 bits per heavy atom. The molecule has 0 amide bonds. The van der Waals surface area contributed by atoms with Gasteiger partial charge in [0.25, 0.3) is 0 Å². The maximum Gasteiger partial charge on any atom is 0.141 e. The average Bonchev–Trinajstić information content (AvgIpc) is 2.31. The van der Waals surface area contributed by atoms with E-state index in [0.29, 0.717) is 10.3 Å². The summed E-state index contributed by atoms with van der Waals surface area (Å²) in [7, 11) is 0. The smallest absolute Gasteiger partial charge is 0.141 e.